The molecule has 0 spiro atoms. The highest BCUT2D eigenvalue weighted by Crippen LogP contribution is 2.28. The first-order valence-electron chi connectivity index (χ1n) is 8.61. The second-order valence-electron chi connectivity index (χ2n) is 6.12. The molecule has 0 saturated carbocycles. The summed E-state index contributed by atoms with van der Waals surface area (Å²) in [5.74, 6) is -0.247. The van der Waals surface area contributed by atoms with Gasteiger partial charge in [-0.2, -0.15) is 0 Å². The number of carbonyl (C=O) groups is 2. The van der Waals surface area contributed by atoms with Crippen LogP contribution in [-0.2, 0) is 4.79 Å². The van der Waals surface area contributed by atoms with Gasteiger partial charge in [0.25, 0.3) is 5.91 Å². The standard InChI is InChI=1S/C21H19ClN2O2S2/c1-13-17(22)8-4-9-18(13)24-20(25)14(2)28-16-7-3-6-15(12-16)23-21(26)19-10-5-11-27-19/h3-12,14H,1-2H3,(H,23,26)(H,24,25). The van der Waals surface area contributed by atoms with E-state index in [9.17, 15) is 9.59 Å². The van der Waals surface area contributed by atoms with Crippen LogP contribution in [0.2, 0.25) is 5.02 Å². The minimum absolute atomic E-state index is 0.108. The van der Waals surface area contributed by atoms with E-state index in [4.69, 9.17) is 11.6 Å². The van der Waals surface area contributed by atoms with Crippen molar-refractivity contribution in [2.45, 2.75) is 24.0 Å². The molecule has 1 aromatic heterocycles. The predicted octanol–water partition coefficient (Wildman–Crippen LogP) is 6.08. The summed E-state index contributed by atoms with van der Waals surface area (Å²) in [5, 5.41) is 7.97. The van der Waals surface area contributed by atoms with Crippen LogP contribution in [0.5, 0.6) is 0 Å². The van der Waals surface area contributed by atoms with Crippen molar-refractivity contribution in [3.63, 3.8) is 0 Å². The molecule has 3 aromatic rings. The molecule has 4 nitrogen and oxygen atoms in total. The maximum atomic E-state index is 12.6. The molecule has 0 bridgehead atoms. The number of thiophene rings is 1. The van der Waals surface area contributed by atoms with E-state index in [0.717, 1.165) is 10.5 Å². The molecule has 0 aliphatic heterocycles. The molecule has 0 radical (unpaired) electrons. The average molecular weight is 431 g/mol. The summed E-state index contributed by atoms with van der Waals surface area (Å²) in [4.78, 5) is 26.3. The quantitative estimate of drug-likeness (QED) is 0.466. The fourth-order valence-electron chi connectivity index (χ4n) is 2.48. The molecule has 0 fully saturated rings. The summed E-state index contributed by atoms with van der Waals surface area (Å²) >= 11 is 8.93. The molecule has 0 aliphatic carbocycles. The van der Waals surface area contributed by atoms with Crippen molar-refractivity contribution in [2.24, 2.45) is 0 Å². The Morgan fingerprint density at radius 1 is 1.07 bits per heavy atom. The number of halogens is 1. The van der Waals surface area contributed by atoms with Gasteiger partial charge in [-0.15, -0.1) is 23.1 Å². The van der Waals surface area contributed by atoms with Gasteiger partial charge in [0, 0.05) is 21.3 Å². The number of thioether (sulfide) groups is 1. The molecular formula is C21H19ClN2O2S2. The monoisotopic (exact) mass is 430 g/mol. The first-order chi connectivity index (χ1) is 13.4. The highest BCUT2D eigenvalue weighted by molar-refractivity contribution is 8.00. The van der Waals surface area contributed by atoms with Crippen LogP contribution in [0.4, 0.5) is 11.4 Å². The SMILES string of the molecule is Cc1c(Cl)cccc1NC(=O)C(C)Sc1cccc(NC(=O)c2cccs2)c1. The van der Waals surface area contributed by atoms with Crippen molar-refractivity contribution < 1.29 is 9.59 Å². The zero-order valence-corrected chi connectivity index (χ0v) is 17.8. The number of hydrogen-bond donors (Lipinski definition) is 2. The van der Waals surface area contributed by atoms with Gasteiger partial charge in [-0.1, -0.05) is 29.8 Å². The van der Waals surface area contributed by atoms with Crippen LogP contribution in [0.3, 0.4) is 0 Å². The second-order valence-corrected chi connectivity index (χ2v) is 8.89. The van der Waals surface area contributed by atoms with Crippen molar-refractivity contribution in [2.75, 3.05) is 10.6 Å². The van der Waals surface area contributed by atoms with Gasteiger partial charge >= 0.3 is 0 Å². The van der Waals surface area contributed by atoms with Gasteiger partial charge in [0.2, 0.25) is 5.91 Å². The molecule has 2 aromatic carbocycles. The van der Waals surface area contributed by atoms with Gasteiger partial charge in [-0.05, 0) is 61.2 Å². The van der Waals surface area contributed by atoms with Gasteiger partial charge in [0.1, 0.15) is 0 Å². The van der Waals surface area contributed by atoms with E-state index in [0.29, 0.717) is 21.3 Å². The summed E-state index contributed by atoms with van der Waals surface area (Å²) < 4.78 is 0. The molecule has 7 heteroatoms. The van der Waals surface area contributed by atoms with E-state index < -0.39 is 0 Å². The van der Waals surface area contributed by atoms with Crippen LogP contribution >= 0.6 is 34.7 Å². The van der Waals surface area contributed by atoms with Crippen LogP contribution in [0.1, 0.15) is 22.2 Å². The Labute approximate surface area is 177 Å². The second kappa shape index (κ2) is 9.28. The fourth-order valence-corrected chi connectivity index (χ4v) is 4.20. The minimum atomic E-state index is -0.318. The summed E-state index contributed by atoms with van der Waals surface area (Å²) in [6.07, 6.45) is 0. The van der Waals surface area contributed by atoms with Gasteiger partial charge in [-0.3, -0.25) is 9.59 Å². The number of nitrogens with one attached hydrogen (secondary N) is 2. The van der Waals surface area contributed by atoms with Gasteiger partial charge in [-0.25, -0.2) is 0 Å². The van der Waals surface area contributed by atoms with E-state index in [1.165, 1.54) is 23.1 Å². The number of carbonyl (C=O) groups excluding carboxylic acids is 2. The van der Waals surface area contributed by atoms with Crippen molar-refractivity contribution in [1.82, 2.24) is 0 Å². The number of amides is 2. The Kier molecular flexibility index (Phi) is 6.78. The zero-order valence-electron chi connectivity index (χ0n) is 15.4. The molecular weight excluding hydrogens is 412 g/mol. The first-order valence-corrected chi connectivity index (χ1v) is 10.8. The van der Waals surface area contributed by atoms with Crippen LogP contribution in [-0.4, -0.2) is 17.1 Å². The summed E-state index contributed by atoms with van der Waals surface area (Å²) in [7, 11) is 0. The first kappa shape index (κ1) is 20.5. The lowest BCUT2D eigenvalue weighted by molar-refractivity contribution is -0.115. The fraction of sp³-hybridized carbons (Fsp3) is 0.143. The Morgan fingerprint density at radius 3 is 2.61 bits per heavy atom. The molecule has 1 heterocycles. The van der Waals surface area contributed by atoms with E-state index in [1.54, 1.807) is 12.1 Å². The molecule has 28 heavy (non-hydrogen) atoms. The summed E-state index contributed by atoms with van der Waals surface area (Å²) in [6.45, 7) is 3.71. The predicted molar refractivity (Wildman–Crippen MR) is 119 cm³/mol. The molecule has 3 rings (SSSR count). The lowest BCUT2D eigenvalue weighted by Gasteiger charge is -2.14. The number of benzene rings is 2. The topological polar surface area (TPSA) is 58.2 Å². The smallest absolute Gasteiger partial charge is 0.265 e. The van der Waals surface area contributed by atoms with Crippen molar-refractivity contribution in [3.8, 4) is 0 Å². The number of hydrogen-bond acceptors (Lipinski definition) is 4. The Hall–Kier alpha value is -2.28. The summed E-state index contributed by atoms with van der Waals surface area (Å²) in [6, 6.07) is 16.5. The van der Waals surface area contributed by atoms with E-state index in [1.807, 2.05) is 61.7 Å². The maximum absolute atomic E-state index is 12.6. The van der Waals surface area contributed by atoms with Crippen molar-refractivity contribution in [3.05, 3.63) is 75.4 Å². The average Bonchev–Trinajstić information content (AvgIpc) is 3.20. The molecule has 144 valence electrons. The van der Waals surface area contributed by atoms with Crippen LogP contribution in [0, 0.1) is 6.92 Å². The third-order valence-electron chi connectivity index (χ3n) is 4.04. The highest BCUT2D eigenvalue weighted by atomic mass is 35.5. The Bertz CT molecular complexity index is 990. The zero-order chi connectivity index (χ0) is 20.1. The van der Waals surface area contributed by atoms with Crippen LogP contribution < -0.4 is 10.6 Å². The Balaban J connectivity index is 1.63. The molecule has 0 saturated heterocycles. The largest absolute Gasteiger partial charge is 0.325 e. The summed E-state index contributed by atoms with van der Waals surface area (Å²) in [5.41, 5.74) is 2.25. The van der Waals surface area contributed by atoms with Gasteiger partial charge in [0.15, 0.2) is 0 Å². The highest BCUT2D eigenvalue weighted by Gasteiger charge is 2.16. The minimum Gasteiger partial charge on any atom is -0.325 e. The Morgan fingerprint density at radius 2 is 1.86 bits per heavy atom. The molecule has 0 aliphatic rings. The maximum Gasteiger partial charge on any atom is 0.265 e. The molecule has 2 amide bonds. The number of anilines is 2. The van der Waals surface area contributed by atoms with Crippen LogP contribution in [0.15, 0.2) is 64.9 Å². The van der Waals surface area contributed by atoms with E-state index >= 15 is 0 Å². The van der Waals surface area contributed by atoms with Crippen molar-refractivity contribution in [1.29, 1.82) is 0 Å². The lowest BCUT2D eigenvalue weighted by Crippen LogP contribution is -2.22. The van der Waals surface area contributed by atoms with E-state index in [2.05, 4.69) is 10.6 Å². The van der Waals surface area contributed by atoms with Crippen molar-refractivity contribution >= 4 is 57.9 Å². The van der Waals surface area contributed by atoms with Gasteiger partial charge < -0.3 is 10.6 Å². The number of rotatable bonds is 6. The third kappa shape index (κ3) is 5.16. The molecule has 1 unspecified atom stereocenters. The molecule has 1 atom stereocenters. The third-order valence-corrected chi connectivity index (χ3v) is 6.42. The lowest BCUT2D eigenvalue weighted by atomic mass is 10.2. The van der Waals surface area contributed by atoms with E-state index in [-0.39, 0.29) is 17.1 Å². The van der Waals surface area contributed by atoms with Crippen LogP contribution in [0.25, 0.3) is 0 Å². The van der Waals surface area contributed by atoms with Gasteiger partial charge in [0.05, 0.1) is 10.1 Å². The molecule has 2 N–H and O–H groups in total. The normalized spacial score (nSPS) is 11.7.